The van der Waals surface area contributed by atoms with Gasteiger partial charge in [-0.25, -0.2) is 0 Å². The second-order valence-electron chi connectivity index (χ2n) is 7.57. The van der Waals surface area contributed by atoms with Gasteiger partial charge in [-0.05, 0) is 48.4 Å². The Kier molecular flexibility index (Phi) is 5.90. The molecule has 1 fully saturated rings. The molecule has 2 N–H and O–H groups in total. The lowest BCUT2D eigenvalue weighted by molar-refractivity contribution is -0.116. The third kappa shape index (κ3) is 4.11. The van der Waals surface area contributed by atoms with Crippen LogP contribution in [0.5, 0.6) is 11.5 Å². The number of nitrogens with zero attached hydrogens (tertiary/aromatic N) is 1. The lowest BCUT2D eigenvalue weighted by Crippen LogP contribution is -2.57. The maximum absolute atomic E-state index is 13.3. The first-order valence-corrected chi connectivity index (χ1v) is 10.2. The summed E-state index contributed by atoms with van der Waals surface area (Å²) in [6.07, 6.45) is 0.997. The lowest BCUT2D eigenvalue weighted by Gasteiger charge is -2.35. The van der Waals surface area contributed by atoms with Crippen LogP contribution in [-0.4, -0.2) is 62.4 Å². The fraction of sp³-hybridized carbons (Fsp3) is 0.348. The quantitative estimate of drug-likeness (QED) is 0.713. The number of ether oxygens (including phenoxy) is 2. The Morgan fingerprint density at radius 1 is 1.00 bits per heavy atom. The number of hydrogen-bond donors (Lipinski definition) is 2. The zero-order valence-corrected chi connectivity index (χ0v) is 17.6. The predicted molar refractivity (Wildman–Crippen MR) is 115 cm³/mol. The molecule has 0 aromatic heterocycles. The molecule has 2 heterocycles. The molecule has 1 saturated heterocycles. The Balaban J connectivity index is 1.59. The van der Waals surface area contributed by atoms with Crippen LogP contribution < -0.4 is 20.1 Å². The topological polar surface area (TPSA) is 97.0 Å². The molecule has 31 heavy (non-hydrogen) atoms. The highest BCUT2D eigenvalue weighted by Crippen LogP contribution is 2.29. The molecule has 0 bridgehead atoms. The van der Waals surface area contributed by atoms with Crippen molar-refractivity contribution >= 4 is 23.3 Å². The van der Waals surface area contributed by atoms with Gasteiger partial charge in [-0.15, -0.1) is 0 Å². The fourth-order valence-corrected chi connectivity index (χ4v) is 4.05. The molecule has 0 saturated carbocycles. The summed E-state index contributed by atoms with van der Waals surface area (Å²) >= 11 is 0. The number of hydrogen-bond acceptors (Lipinski definition) is 6. The summed E-state index contributed by atoms with van der Waals surface area (Å²) in [5, 5.41) is 6.03. The maximum Gasteiger partial charge on any atom is 0.254 e. The number of ketones is 1. The third-order valence-electron chi connectivity index (χ3n) is 5.72. The van der Waals surface area contributed by atoms with Gasteiger partial charge in [0.15, 0.2) is 17.3 Å². The first-order valence-electron chi connectivity index (χ1n) is 10.2. The molecule has 2 aliphatic heterocycles. The minimum Gasteiger partial charge on any atom is -0.493 e. The van der Waals surface area contributed by atoms with Crippen molar-refractivity contribution in [1.29, 1.82) is 0 Å². The summed E-state index contributed by atoms with van der Waals surface area (Å²) in [6.45, 7) is 1.42. The molecule has 2 aromatic carbocycles. The molecule has 0 aliphatic carbocycles. The summed E-state index contributed by atoms with van der Waals surface area (Å²) in [7, 11) is 3.05. The summed E-state index contributed by atoms with van der Waals surface area (Å²) in [5.74, 6) is 0.627. The molecule has 2 amide bonds. The van der Waals surface area contributed by atoms with E-state index in [4.69, 9.17) is 9.47 Å². The van der Waals surface area contributed by atoms with Crippen LogP contribution >= 0.6 is 0 Å². The second-order valence-corrected chi connectivity index (χ2v) is 7.57. The average Bonchev–Trinajstić information content (AvgIpc) is 2.82. The summed E-state index contributed by atoms with van der Waals surface area (Å²) in [6, 6.07) is 9.65. The van der Waals surface area contributed by atoms with Gasteiger partial charge in [0.2, 0.25) is 5.91 Å². The molecule has 1 atom stereocenters. The van der Waals surface area contributed by atoms with E-state index >= 15 is 0 Å². The van der Waals surface area contributed by atoms with Crippen LogP contribution in [0, 0.1) is 0 Å². The van der Waals surface area contributed by atoms with Gasteiger partial charge in [0, 0.05) is 42.9 Å². The Morgan fingerprint density at radius 3 is 2.55 bits per heavy atom. The van der Waals surface area contributed by atoms with Crippen molar-refractivity contribution in [3.05, 3.63) is 53.1 Å². The number of Topliss-reactive ketones (excluding diaryl/α,β-unsaturated/α-hetero) is 1. The monoisotopic (exact) mass is 423 g/mol. The molecule has 2 aromatic rings. The molecule has 0 spiro atoms. The van der Waals surface area contributed by atoms with Crippen molar-refractivity contribution in [1.82, 2.24) is 10.2 Å². The van der Waals surface area contributed by atoms with Gasteiger partial charge in [-0.3, -0.25) is 14.4 Å². The van der Waals surface area contributed by atoms with Gasteiger partial charge >= 0.3 is 0 Å². The predicted octanol–water partition coefficient (Wildman–Crippen LogP) is 1.89. The van der Waals surface area contributed by atoms with E-state index in [1.165, 1.54) is 14.2 Å². The van der Waals surface area contributed by atoms with Gasteiger partial charge in [-0.2, -0.15) is 0 Å². The maximum atomic E-state index is 13.3. The van der Waals surface area contributed by atoms with Crippen LogP contribution in [0.1, 0.15) is 32.7 Å². The number of aryl methyl sites for hydroxylation is 1. The van der Waals surface area contributed by atoms with E-state index in [0.717, 1.165) is 11.3 Å². The molecule has 1 unspecified atom stereocenters. The van der Waals surface area contributed by atoms with Crippen LogP contribution in [-0.2, 0) is 11.2 Å². The van der Waals surface area contributed by atoms with Gasteiger partial charge < -0.3 is 25.0 Å². The summed E-state index contributed by atoms with van der Waals surface area (Å²) in [4.78, 5) is 39.8. The number of benzene rings is 2. The van der Waals surface area contributed by atoms with Gasteiger partial charge in [0.25, 0.3) is 5.91 Å². The van der Waals surface area contributed by atoms with Crippen molar-refractivity contribution in [2.45, 2.75) is 18.9 Å². The highest BCUT2D eigenvalue weighted by molar-refractivity contribution is 6.05. The number of amides is 2. The van der Waals surface area contributed by atoms with Crippen LogP contribution in [0.2, 0.25) is 0 Å². The summed E-state index contributed by atoms with van der Waals surface area (Å²) in [5.41, 5.74) is 2.65. The van der Waals surface area contributed by atoms with Crippen LogP contribution in [0.15, 0.2) is 36.4 Å². The fourth-order valence-electron chi connectivity index (χ4n) is 4.05. The van der Waals surface area contributed by atoms with Gasteiger partial charge in [0.1, 0.15) is 6.04 Å². The zero-order valence-electron chi connectivity index (χ0n) is 17.6. The van der Waals surface area contributed by atoms with E-state index in [0.29, 0.717) is 55.1 Å². The third-order valence-corrected chi connectivity index (χ3v) is 5.72. The second kappa shape index (κ2) is 8.77. The van der Waals surface area contributed by atoms with Crippen molar-refractivity contribution in [2.75, 3.05) is 39.2 Å². The molecule has 0 radical (unpaired) electrons. The number of piperazine rings is 1. The van der Waals surface area contributed by atoms with Crippen LogP contribution in [0.3, 0.4) is 0 Å². The lowest BCUT2D eigenvalue weighted by atomic mass is 9.97. The Bertz CT molecular complexity index is 1040. The number of anilines is 1. The normalized spacial score (nSPS) is 18.1. The van der Waals surface area contributed by atoms with Crippen LogP contribution in [0.4, 0.5) is 5.69 Å². The van der Waals surface area contributed by atoms with E-state index in [1.54, 1.807) is 35.2 Å². The number of carbonyl (C=O) groups excluding carboxylic acids is 3. The van der Waals surface area contributed by atoms with Crippen molar-refractivity contribution < 1.29 is 23.9 Å². The minimum atomic E-state index is -0.630. The Labute approximate surface area is 180 Å². The zero-order chi connectivity index (χ0) is 22.0. The molecular formula is C23H25N3O5. The largest absolute Gasteiger partial charge is 0.493 e. The Hall–Kier alpha value is -3.39. The number of fused-ring (bicyclic) bond motifs is 1. The van der Waals surface area contributed by atoms with E-state index in [-0.39, 0.29) is 17.6 Å². The number of nitrogens with one attached hydrogen (secondary N) is 2. The molecule has 2 aliphatic rings. The SMILES string of the molecule is COc1ccc(C(=O)C2CNCCN2C(=O)c2ccc3c(c2)CCC(=O)N3)cc1OC. The highest BCUT2D eigenvalue weighted by atomic mass is 16.5. The van der Waals surface area contributed by atoms with Crippen molar-refractivity contribution in [3.8, 4) is 11.5 Å². The van der Waals surface area contributed by atoms with Gasteiger partial charge in [0.05, 0.1) is 14.2 Å². The highest BCUT2D eigenvalue weighted by Gasteiger charge is 2.34. The Morgan fingerprint density at radius 2 is 1.77 bits per heavy atom. The molecule has 162 valence electrons. The van der Waals surface area contributed by atoms with Gasteiger partial charge in [-0.1, -0.05) is 0 Å². The number of rotatable bonds is 5. The number of methoxy groups -OCH3 is 2. The van der Waals surface area contributed by atoms with Crippen LogP contribution in [0.25, 0.3) is 0 Å². The first kappa shape index (κ1) is 20.9. The van der Waals surface area contributed by atoms with E-state index < -0.39 is 6.04 Å². The minimum absolute atomic E-state index is 0.0192. The first-order chi connectivity index (χ1) is 15.0. The van der Waals surface area contributed by atoms with Crippen molar-refractivity contribution in [3.63, 3.8) is 0 Å². The smallest absolute Gasteiger partial charge is 0.254 e. The number of carbonyl (C=O) groups is 3. The van der Waals surface area contributed by atoms with E-state index in [2.05, 4.69) is 10.6 Å². The molecule has 8 heteroatoms. The van der Waals surface area contributed by atoms with Crippen molar-refractivity contribution in [2.24, 2.45) is 0 Å². The molecule has 8 nitrogen and oxygen atoms in total. The standard InChI is InChI=1S/C23H25N3O5/c1-30-19-7-4-15(12-20(19)31-2)22(28)18-13-24-9-10-26(18)23(29)16-3-6-17-14(11-16)5-8-21(27)25-17/h3-4,6-7,11-12,18,24H,5,8-10,13H2,1-2H3,(H,25,27). The average molecular weight is 423 g/mol. The summed E-state index contributed by atoms with van der Waals surface area (Å²) < 4.78 is 10.6. The molecule has 4 rings (SSSR count). The van der Waals surface area contributed by atoms with E-state index in [9.17, 15) is 14.4 Å². The van der Waals surface area contributed by atoms with E-state index in [1.807, 2.05) is 6.07 Å². The molecular weight excluding hydrogens is 398 g/mol.